The summed E-state index contributed by atoms with van der Waals surface area (Å²) in [6.45, 7) is 3.84. The molecule has 1 N–H and O–H groups in total. The summed E-state index contributed by atoms with van der Waals surface area (Å²) in [4.78, 5) is 22.6. The molecule has 0 spiro atoms. The van der Waals surface area contributed by atoms with Crippen molar-refractivity contribution in [3.63, 3.8) is 0 Å². The predicted octanol–water partition coefficient (Wildman–Crippen LogP) is 1.04. The lowest BCUT2D eigenvalue weighted by Crippen LogP contribution is -2.19. The molecule has 0 fully saturated rings. The first-order valence-electron chi connectivity index (χ1n) is 5.47. The fourth-order valence-corrected chi connectivity index (χ4v) is 1.16. The molecule has 6 nitrogen and oxygen atoms in total. The minimum absolute atomic E-state index is 0.0374. The van der Waals surface area contributed by atoms with Gasteiger partial charge in [0.05, 0.1) is 19.0 Å². The Balaban J connectivity index is 2.56. The molecule has 17 heavy (non-hydrogen) atoms. The molecular formula is C11H17N3O3. The summed E-state index contributed by atoms with van der Waals surface area (Å²) in [7, 11) is 1.32. The molecule has 0 radical (unpaired) electrons. The molecule has 1 aromatic rings. The maximum atomic E-state index is 11.6. The third-order valence-corrected chi connectivity index (χ3v) is 2.48. The minimum Gasteiger partial charge on any atom is -0.468 e. The number of carbonyl (C=O) groups excluding carboxylic acids is 2. The lowest BCUT2D eigenvalue weighted by molar-refractivity contribution is -0.141. The largest absolute Gasteiger partial charge is 0.468 e. The van der Waals surface area contributed by atoms with Gasteiger partial charge in [0.1, 0.15) is 6.54 Å². The summed E-state index contributed by atoms with van der Waals surface area (Å²) in [6, 6.07) is 0. The summed E-state index contributed by atoms with van der Waals surface area (Å²) < 4.78 is 5.93. The van der Waals surface area contributed by atoms with Crippen LogP contribution in [0.2, 0.25) is 0 Å². The highest BCUT2D eigenvalue weighted by atomic mass is 16.5. The Bertz CT molecular complexity index is 400. The predicted molar refractivity (Wildman–Crippen MR) is 62.3 cm³/mol. The Kier molecular flexibility index (Phi) is 4.68. The summed E-state index contributed by atoms with van der Waals surface area (Å²) in [6.07, 6.45) is 3.88. The van der Waals surface area contributed by atoms with Gasteiger partial charge in [-0.2, -0.15) is 5.10 Å². The lowest BCUT2D eigenvalue weighted by Gasteiger charge is -2.07. The van der Waals surface area contributed by atoms with E-state index in [0.717, 1.165) is 6.42 Å². The van der Waals surface area contributed by atoms with Crippen LogP contribution in [0.15, 0.2) is 12.4 Å². The van der Waals surface area contributed by atoms with E-state index in [4.69, 9.17) is 0 Å². The quantitative estimate of drug-likeness (QED) is 0.779. The van der Waals surface area contributed by atoms with Gasteiger partial charge in [-0.15, -0.1) is 0 Å². The number of nitrogens with zero attached hydrogens (tertiary/aromatic N) is 2. The Morgan fingerprint density at radius 1 is 1.59 bits per heavy atom. The van der Waals surface area contributed by atoms with Crippen molar-refractivity contribution in [2.75, 3.05) is 12.4 Å². The minimum atomic E-state index is -0.382. The third kappa shape index (κ3) is 3.90. The van der Waals surface area contributed by atoms with Gasteiger partial charge in [0.2, 0.25) is 5.91 Å². The van der Waals surface area contributed by atoms with Crippen LogP contribution in [0.1, 0.15) is 20.3 Å². The highest BCUT2D eigenvalue weighted by Crippen LogP contribution is 2.09. The number of ether oxygens (including phenoxy) is 1. The van der Waals surface area contributed by atoms with E-state index in [-0.39, 0.29) is 24.3 Å². The number of anilines is 1. The fraction of sp³-hybridized carbons (Fsp3) is 0.545. The number of hydrogen-bond acceptors (Lipinski definition) is 4. The molecule has 0 aliphatic carbocycles. The van der Waals surface area contributed by atoms with Crippen LogP contribution in [0.4, 0.5) is 5.69 Å². The first kappa shape index (κ1) is 13.2. The van der Waals surface area contributed by atoms with Crippen LogP contribution < -0.4 is 5.32 Å². The maximum absolute atomic E-state index is 11.6. The van der Waals surface area contributed by atoms with E-state index in [2.05, 4.69) is 15.2 Å². The van der Waals surface area contributed by atoms with Gasteiger partial charge in [-0.3, -0.25) is 14.3 Å². The number of methoxy groups -OCH3 is 1. The molecule has 1 rings (SSSR count). The number of aromatic nitrogens is 2. The van der Waals surface area contributed by atoms with E-state index in [1.165, 1.54) is 18.0 Å². The molecule has 94 valence electrons. The normalized spacial score (nSPS) is 11.9. The van der Waals surface area contributed by atoms with Gasteiger partial charge in [0.15, 0.2) is 0 Å². The number of carbonyl (C=O) groups is 2. The van der Waals surface area contributed by atoms with Gasteiger partial charge in [-0.05, 0) is 6.42 Å². The van der Waals surface area contributed by atoms with Crippen molar-refractivity contribution in [2.45, 2.75) is 26.8 Å². The smallest absolute Gasteiger partial charge is 0.327 e. The van der Waals surface area contributed by atoms with Crippen molar-refractivity contribution in [2.24, 2.45) is 5.92 Å². The van der Waals surface area contributed by atoms with Crippen molar-refractivity contribution in [1.29, 1.82) is 0 Å². The van der Waals surface area contributed by atoms with Crippen molar-refractivity contribution >= 4 is 17.6 Å². The molecule has 1 amide bonds. The number of nitrogens with one attached hydrogen (secondary N) is 1. The molecule has 1 aromatic heterocycles. The zero-order valence-electron chi connectivity index (χ0n) is 10.3. The number of esters is 1. The zero-order chi connectivity index (χ0) is 12.8. The molecular weight excluding hydrogens is 222 g/mol. The third-order valence-electron chi connectivity index (χ3n) is 2.48. The Labute approximate surface area is 99.9 Å². The second kappa shape index (κ2) is 6.03. The summed E-state index contributed by atoms with van der Waals surface area (Å²) in [5.74, 6) is -0.475. The topological polar surface area (TPSA) is 73.2 Å². The highest BCUT2D eigenvalue weighted by molar-refractivity contribution is 5.92. The molecule has 0 aromatic carbocycles. The van der Waals surface area contributed by atoms with Crippen LogP contribution in [-0.4, -0.2) is 28.8 Å². The van der Waals surface area contributed by atoms with Crippen LogP contribution in [0.3, 0.4) is 0 Å². The van der Waals surface area contributed by atoms with Crippen molar-refractivity contribution in [3.05, 3.63) is 12.4 Å². The van der Waals surface area contributed by atoms with Gasteiger partial charge in [0, 0.05) is 12.1 Å². The van der Waals surface area contributed by atoms with Gasteiger partial charge >= 0.3 is 5.97 Å². The first-order chi connectivity index (χ1) is 8.06. The molecule has 0 aliphatic heterocycles. The van der Waals surface area contributed by atoms with Gasteiger partial charge in [-0.1, -0.05) is 13.8 Å². The molecule has 0 saturated heterocycles. The van der Waals surface area contributed by atoms with E-state index in [1.807, 2.05) is 13.8 Å². The van der Waals surface area contributed by atoms with Gasteiger partial charge in [-0.25, -0.2) is 0 Å². The van der Waals surface area contributed by atoms with Crippen LogP contribution in [0, 0.1) is 5.92 Å². The van der Waals surface area contributed by atoms with E-state index >= 15 is 0 Å². The van der Waals surface area contributed by atoms with Crippen LogP contribution in [-0.2, 0) is 20.9 Å². The van der Waals surface area contributed by atoms with E-state index < -0.39 is 0 Å². The molecule has 1 unspecified atom stereocenters. The van der Waals surface area contributed by atoms with Crippen LogP contribution in [0.25, 0.3) is 0 Å². The van der Waals surface area contributed by atoms with Crippen LogP contribution >= 0.6 is 0 Å². The molecule has 0 aliphatic rings. The standard InChI is InChI=1S/C11H17N3O3/c1-4-8(2)11(16)13-9-5-12-14(6-9)7-10(15)17-3/h5-6,8H,4,7H2,1-3H3,(H,13,16). The van der Waals surface area contributed by atoms with E-state index in [9.17, 15) is 9.59 Å². The molecule has 0 saturated carbocycles. The lowest BCUT2D eigenvalue weighted by atomic mass is 10.1. The Morgan fingerprint density at radius 2 is 2.29 bits per heavy atom. The average Bonchev–Trinajstić information content (AvgIpc) is 2.75. The molecule has 6 heteroatoms. The van der Waals surface area contributed by atoms with E-state index in [0.29, 0.717) is 5.69 Å². The Hall–Kier alpha value is -1.85. The fourth-order valence-electron chi connectivity index (χ4n) is 1.16. The second-order valence-electron chi connectivity index (χ2n) is 3.80. The molecule has 0 bridgehead atoms. The SMILES string of the molecule is CCC(C)C(=O)Nc1cnn(CC(=O)OC)c1. The summed E-state index contributed by atoms with van der Waals surface area (Å²) in [5, 5.41) is 6.67. The van der Waals surface area contributed by atoms with Crippen molar-refractivity contribution < 1.29 is 14.3 Å². The molecule has 1 heterocycles. The van der Waals surface area contributed by atoms with Gasteiger partial charge in [0.25, 0.3) is 0 Å². The number of hydrogen-bond donors (Lipinski definition) is 1. The zero-order valence-corrected chi connectivity index (χ0v) is 10.3. The average molecular weight is 239 g/mol. The number of rotatable bonds is 5. The van der Waals surface area contributed by atoms with Crippen molar-refractivity contribution in [3.8, 4) is 0 Å². The van der Waals surface area contributed by atoms with Crippen molar-refractivity contribution in [1.82, 2.24) is 9.78 Å². The Morgan fingerprint density at radius 3 is 2.88 bits per heavy atom. The molecule has 1 atom stereocenters. The summed E-state index contributed by atoms with van der Waals surface area (Å²) >= 11 is 0. The first-order valence-corrected chi connectivity index (χ1v) is 5.47. The second-order valence-corrected chi connectivity index (χ2v) is 3.80. The summed E-state index contributed by atoms with van der Waals surface area (Å²) in [5.41, 5.74) is 0.583. The number of amides is 1. The van der Waals surface area contributed by atoms with Gasteiger partial charge < -0.3 is 10.1 Å². The van der Waals surface area contributed by atoms with E-state index in [1.54, 1.807) is 6.20 Å². The highest BCUT2D eigenvalue weighted by Gasteiger charge is 2.12. The maximum Gasteiger partial charge on any atom is 0.327 e. The van der Waals surface area contributed by atoms with Crippen LogP contribution in [0.5, 0.6) is 0 Å². The monoisotopic (exact) mass is 239 g/mol.